The van der Waals surface area contributed by atoms with Gasteiger partial charge in [0.15, 0.2) is 5.82 Å². The molecule has 5 aromatic rings. The molecule has 0 unspecified atom stereocenters. The largest absolute Gasteiger partial charge is 0.378 e. The number of carbonyl (C=O) groups excluding carboxylic acids is 1. The molecule has 0 fully saturated rings. The SMILES string of the molecule is Cn1nc(NS(C)(=O)=O)c2cccc(-c3ccc(C#CC(C)(C)O)nc3[C@H](Cc3cc(F)cc(F)c3)NC(=O)Cn3nc(C(F)F)c4c3C(F)(F)[C@@H]3C=C=C43)c21. The lowest BCUT2D eigenvalue weighted by Crippen LogP contribution is -2.35. The first-order chi connectivity index (χ1) is 26.2. The van der Waals surface area contributed by atoms with Gasteiger partial charge in [-0.3, -0.25) is 18.9 Å². The fraction of sp³-hybridized carbons (Fsp3) is 0.289. The van der Waals surface area contributed by atoms with Crippen molar-refractivity contribution in [1.29, 1.82) is 0 Å². The van der Waals surface area contributed by atoms with E-state index in [0.29, 0.717) is 32.8 Å². The quantitative estimate of drug-likeness (QED) is 0.0906. The van der Waals surface area contributed by atoms with E-state index < -0.39 is 81.0 Å². The van der Waals surface area contributed by atoms with E-state index in [-0.39, 0.29) is 34.8 Å². The summed E-state index contributed by atoms with van der Waals surface area (Å²) in [5.74, 6) is -2.60. The topological polar surface area (TPSA) is 144 Å². The van der Waals surface area contributed by atoms with E-state index in [4.69, 9.17) is 4.98 Å². The number of para-hydroxylation sites is 1. The zero-order chi connectivity index (χ0) is 40.5. The van der Waals surface area contributed by atoms with Crippen molar-refractivity contribution in [3.05, 3.63) is 106 Å². The van der Waals surface area contributed by atoms with E-state index in [1.54, 1.807) is 31.3 Å². The minimum atomic E-state index is -3.76. The third kappa shape index (κ3) is 7.28. The molecule has 0 saturated carbocycles. The van der Waals surface area contributed by atoms with Crippen molar-refractivity contribution in [1.82, 2.24) is 29.9 Å². The number of aliphatic hydroxyl groups is 1. The van der Waals surface area contributed by atoms with Crippen LogP contribution in [0.25, 0.3) is 27.6 Å². The number of amides is 1. The number of pyridine rings is 1. The Balaban J connectivity index is 1.38. The number of nitrogens with zero attached hydrogens (tertiary/aromatic N) is 5. The number of carbonyl (C=O) groups is 1. The second-order valence-electron chi connectivity index (χ2n) is 14.0. The smallest absolute Gasteiger partial charge is 0.301 e. The van der Waals surface area contributed by atoms with Crippen molar-refractivity contribution in [3.63, 3.8) is 0 Å². The van der Waals surface area contributed by atoms with Crippen molar-refractivity contribution in [2.75, 3.05) is 11.0 Å². The van der Waals surface area contributed by atoms with Gasteiger partial charge in [-0.1, -0.05) is 18.1 Å². The Labute approximate surface area is 315 Å². The lowest BCUT2D eigenvalue weighted by molar-refractivity contribution is -0.123. The predicted molar refractivity (Wildman–Crippen MR) is 193 cm³/mol. The van der Waals surface area contributed by atoms with Crippen molar-refractivity contribution in [2.45, 2.75) is 50.8 Å². The summed E-state index contributed by atoms with van der Waals surface area (Å²) >= 11 is 0. The summed E-state index contributed by atoms with van der Waals surface area (Å²) in [5, 5.41) is 21.4. The molecule has 2 aromatic carbocycles. The second kappa shape index (κ2) is 13.7. The van der Waals surface area contributed by atoms with Crippen LogP contribution < -0.4 is 10.0 Å². The lowest BCUT2D eigenvalue weighted by Gasteiger charge is -2.23. The normalized spacial score (nSPS) is 16.1. The van der Waals surface area contributed by atoms with Crippen LogP contribution in [0.4, 0.5) is 32.2 Å². The van der Waals surface area contributed by atoms with Gasteiger partial charge in [-0.15, -0.1) is 5.73 Å². The van der Waals surface area contributed by atoms with Crippen LogP contribution in [0.1, 0.15) is 60.2 Å². The summed E-state index contributed by atoms with van der Waals surface area (Å²) in [4.78, 5) is 18.6. The van der Waals surface area contributed by atoms with Crippen LogP contribution >= 0.6 is 0 Å². The number of nitrogens with one attached hydrogen (secondary N) is 2. The first kappa shape index (κ1) is 38.4. The Morgan fingerprint density at radius 3 is 2.41 bits per heavy atom. The summed E-state index contributed by atoms with van der Waals surface area (Å²) in [7, 11) is -2.20. The number of alkyl halides is 4. The molecule has 0 spiro atoms. The third-order valence-electron chi connectivity index (χ3n) is 9.06. The average molecular weight is 796 g/mol. The zero-order valence-electron chi connectivity index (χ0n) is 29.9. The predicted octanol–water partition coefficient (Wildman–Crippen LogP) is 5.92. The molecule has 2 aliphatic carbocycles. The third-order valence-corrected chi connectivity index (χ3v) is 9.62. The van der Waals surface area contributed by atoms with E-state index in [0.717, 1.165) is 24.5 Å². The Morgan fingerprint density at radius 2 is 1.79 bits per heavy atom. The molecule has 56 heavy (non-hydrogen) atoms. The maximum absolute atomic E-state index is 15.5. The molecular formula is C38H31F6N7O4S. The van der Waals surface area contributed by atoms with Gasteiger partial charge in [0.2, 0.25) is 15.9 Å². The number of halogens is 6. The lowest BCUT2D eigenvalue weighted by atomic mass is 9.90. The number of anilines is 1. The van der Waals surface area contributed by atoms with Gasteiger partial charge in [0, 0.05) is 40.8 Å². The molecule has 3 heterocycles. The highest BCUT2D eigenvalue weighted by Gasteiger charge is 2.57. The number of fused-ring (bicyclic) bond motifs is 4. The molecule has 290 valence electrons. The number of aromatic nitrogens is 5. The van der Waals surface area contributed by atoms with Gasteiger partial charge in [-0.25, -0.2) is 31.0 Å². The monoisotopic (exact) mass is 795 g/mol. The van der Waals surface area contributed by atoms with Gasteiger partial charge in [0.1, 0.15) is 40.9 Å². The van der Waals surface area contributed by atoms with Crippen molar-refractivity contribution < 1.29 is 44.7 Å². The molecule has 0 saturated heterocycles. The van der Waals surface area contributed by atoms with Crippen molar-refractivity contribution >= 4 is 38.2 Å². The molecule has 0 bridgehead atoms. The molecule has 7 rings (SSSR count). The van der Waals surface area contributed by atoms with Crippen LogP contribution in [0.5, 0.6) is 0 Å². The minimum absolute atomic E-state index is 0.0141. The van der Waals surface area contributed by atoms with Crippen LogP contribution in [-0.4, -0.2) is 55.8 Å². The maximum Gasteiger partial charge on any atom is 0.301 e. The van der Waals surface area contributed by atoms with Gasteiger partial charge in [-0.05, 0) is 68.2 Å². The first-order valence-electron chi connectivity index (χ1n) is 16.9. The summed E-state index contributed by atoms with van der Waals surface area (Å²) in [5.41, 5.74) is 0.0188. The zero-order valence-corrected chi connectivity index (χ0v) is 30.7. The van der Waals surface area contributed by atoms with Gasteiger partial charge < -0.3 is 10.4 Å². The average Bonchev–Trinajstić information content (AvgIpc) is 3.63. The van der Waals surface area contributed by atoms with Crippen LogP contribution in [0.2, 0.25) is 0 Å². The number of sulfonamides is 1. The Bertz CT molecular complexity index is 2680. The molecule has 18 heteroatoms. The van der Waals surface area contributed by atoms with Crippen LogP contribution in [0.3, 0.4) is 0 Å². The number of aryl methyl sites for hydroxylation is 1. The van der Waals surface area contributed by atoms with Gasteiger partial charge in [-0.2, -0.15) is 19.0 Å². The summed E-state index contributed by atoms with van der Waals surface area (Å²) < 4.78 is 117. The van der Waals surface area contributed by atoms with E-state index in [1.165, 1.54) is 24.6 Å². The van der Waals surface area contributed by atoms with Crippen molar-refractivity contribution in [3.8, 4) is 23.0 Å². The number of hydrogen-bond donors (Lipinski definition) is 3. The number of hydrogen-bond acceptors (Lipinski definition) is 7. The Kier molecular flexibility index (Phi) is 9.39. The standard InChI is InChI=1S/C38H31F6N7O4S/c1-37(2,53)13-12-22-8-9-23(24-6-5-7-26-33(24)50(3)48-36(26)49-56(4,54)55)31(45-22)28(16-19-14-20(39)17-21(40)15-19)46-29(52)18-51-34-30(32(47-51)35(41)42)25-10-11-27(25)38(34,43)44/h5-9,11,14-15,17,27-28,35,53H,16,18H2,1-4H3,(H,46,52)(H,48,49)/t27-,28+/m1/s1. The van der Waals surface area contributed by atoms with E-state index >= 15 is 8.78 Å². The molecule has 0 radical (unpaired) electrons. The van der Waals surface area contributed by atoms with Gasteiger partial charge in [0.25, 0.3) is 6.43 Å². The fourth-order valence-corrected chi connectivity index (χ4v) is 7.38. The maximum atomic E-state index is 15.5. The van der Waals surface area contributed by atoms with E-state index in [2.05, 4.69) is 37.8 Å². The number of allylic oxidation sites excluding steroid dienone is 1. The Hall–Kier alpha value is -5.89. The minimum Gasteiger partial charge on any atom is -0.378 e. The van der Waals surface area contributed by atoms with Crippen LogP contribution in [0, 0.1) is 29.4 Å². The summed E-state index contributed by atoms with van der Waals surface area (Å²) in [6.45, 7) is 1.92. The highest BCUT2D eigenvalue weighted by atomic mass is 32.2. The molecular weight excluding hydrogens is 765 g/mol. The number of benzene rings is 2. The molecule has 0 aliphatic heterocycles. The molecule has 2 aliphatic rings. The van der Waals surface area contributed by atoms with Gasteiger partial charge >= 0.3 is 5.92 Å². The highest BCUT2D eigenvalue weighted by Crippen LogP contribution is 2.57. The van der Waals surface area contributed by atoms with Gasteiger partial charge in [0.05, 0.1) is 29.4 Å². The summed E-state index contributed by atoms with van der Waals surface area (Å²) in [6.07, 6.45) is -1.55. The van der Waals surface area contributed by atoms with Crippen LogP contribution in [0.15, 0.2) is 60.3 Å². The van der Waals surface area contributed by atoms with Crippen molar-refractivity contribution in [2.24, 2.45) is 13.0 Å². The molecule has 2 atom stereocenters. The molecule has 3 N–H and O–H groups in total. The highest BCUT2D eigenvalue weighted by molar-refractivity contribution is 7.92. The van der Waals surface area contributed by atoms with Crippen LogP contribution in [-0.2, 0) is 40.8 Å². The fourth-order valence-electron chi connectivity index (χ4n) is 6.88. The summed E-state index contributed by atoms with van der Waals surface area (Å²) in [6, 6.07) is 9.39. The second-order valence-corrected chi connectivity index (χ2v) is 15.7. The molecule has 1 amide bonds. The Morgan fingerprint density at radius 1 is 1.07 bits per heavy atom. The molecule has 3 aromatic heterocycles. The van der Waals surface area contributed by atoms with E-state index in [9.17, 15) is 35.9 Å². The first-order valence-corrected chi connectivity index (χ1v) is 18.8. The number of rotatable bonds is 10. The van der Waals surface area contributed by atoms with E-state index in [1.807, 2.05) is 0 Å². The molecule has 11 nitrogen and oxygen atoms in total.